The van der Waals surface area contributed by atoms with E-state index in [0.717, 1.165) is 0 Å². The van der Waals surface area contributed by atoms with E-state index < -0.39 is 0 Å². The van der Waals surface area contributed by atoms with Crippen molar-refractivity contribution in [3.63, 3.8) is 0 Å². The van der Waals surface area contributed by atoms with Crippen molar-refractivity contribution in [1.82, 2.24) is 16.0 Å². The molecule has 0 aromatic rings. The maximum absolute atomic E-state index is 11.5. The van der Waals surface area contributed by atoms with Crippen molar-refractivity contribution in [1.29, 1.82) is 0 Å². The molecule has 5 heteroatoms. The molecule has 1 rings (SSSR count). The van der Waals surface area contributed by atoms with E-state index in [1.165, 1.54) is 0 Å². The van der Waals surface area contributed by atoms with Gasteiger partial charge in [-0.2, -0.15) is 0 Å². The van der Waals surface area contributed by atoms with Crippen LogP contribution in [0.4, 0.5) is 0 Å². The fraction of sp³-hybridized carbons (Fsp3) is 0.800. The largest absolute Gasteiger partial charge is 0.354 e. The van der Waals surface area contributed by atoms with Crippen molar-refractivity contribution < 1.29 is 9.59 Å². The Kier molecular flexibility index (Phi) is 4.08. The Balaban J connectivity index is 2.31. The molecule has 0 aliphatic carbocycles. The van der Waals surface area contributed by atoms with Gasteiger partial charge in [0.05, 0.1) is 6.04 Å². The molecule has 0 saturated carbocycles. The maximum Gasteiger partial charge on any atom is 0.237 e. The lowest BCUT2D eigenvalue weighted by atomic mass is 10.2. The lowest BCUT2D eigenvalue weighted by Crippen LogP contribution is -2.48. The van der Waals surface area contributed by atoms with Crippen LogP contribution in [0, 0.1) is 0 Å². The fourth-order valence-corrected chi connectivity index (χ4v) is 1.56. The highest BCUT2D eigenvalue weighted by molar-refractivity contribution is 5.82. The van der Waals surface area contributed by atoms with E-state index in [1.807, 2.05) is 13.8 Å². The molecule has 1 aliphatic heterocycles. The summed E-state index contributed by atoms with van der Waals surface area (Å²) in [5, 5.41) is 8.66. The van der Waals surface area contributed by atoms with Crippen molar-refractivity contribution in [2.75, 3.05) is 6.54 Å². The highest BCUT2D eigenvalue weighted by atomic mass is 16.2. The van der Waals surface area contributed by atoms with Crippen LogP contribution in [0.2, 0.25) is 0 Å². The molecule has 0 aromatic carbocycles. The van der Waals surface area contributed by atoms with Gasteiger partial charge in [0.15, 0.2) is 0 Å². The summed E-state index contributed by atoms with van der Waals surface area (Å²) in [5.41, 5.74) is 0. The summed E-state index contributed by atoms with van der Waals surface area (Å²) < 4.78 is 0. The lowest BCUT2D eigenvalue weighted by molar-refractivity contribution is -0.123. The summed E-state index contributed by atoms with van der Waals surface area (Å²) in [4.78, 5) is 22.5. The van der Waals surface area contributed by atoms with Crippen molar-refractivity contribution in [2.45, 2.75) is 45.3 Å². The van der Waals surface area contributed by atoms with Crippen LogP contribution in [0.1, 0.15) is 27.2 Å². The molecule has 2 atom stereocenters. The third-order valence-electron chi connectivity index (χ3n) is 2.29. The number of nitrogens with one attached hydrogen (secondary N) is 3. The van der Waals surface area contributed by atoms with Crippen molar-refractivity contribution in [3.05, 3.63) is 0 Å². The smallest absolute Gasteiger partial charge is 0.237 e. The Labute approximate surface area is 90.0 Å². The molecule has 2 unspecified atom stereocenters. The van der Waals surface area contributed by atoms with Gasteiger partial charge in [0.25, 0.3) is 0 Å². The van der Waals surface area contributed by atoms with Crippen LogP contribution in [0.5, 0.6) is 0 Å². The first-order chi connectivity index (χ1) is 6.99. The Morgan fingerprint density at radius 2 is 2.13 bits per heavy atom. The molecule has 2 amide bonds. The van der Waals surface area contributed by atoms with Crippen LogP contribution >= 0.6 is 0 Å². The third kappa shape index (κ3) is 3.87. The van der Waals surface area contributed by atoms with Crippen LogP contribution in [-0.2, 0) is 9.59 Å². The minimum Gasteiger partial charge on any atom is -0.354 e. The second kappa shape index (κ2) is 5.11. The molecule has 1 saturated heterocycles. The molecule has 86 valence electrons. The van der Waals surface area contributed by atoms with Gasteiger partial charge in [-0.25, -0.2) is 0 Å². The van der Waals surface area contributed by atoms with E-state index in [0.29, 0.717) is 13.0 Å². The normalized spacial score (nSPS) is 22.7. The van der Waals surface area contributed by atoms with Crippen molar-refractivity contribution in [2.24, 2.45) is 0 Å². The molecule has 1 heterocycles. The number of carbonyl (C=O) groups excluding carboxylic acids is 2. The molecule has 0 spiro atoms. The topological polar surface area (TPSA) is 70.2 Å². The lowest BCUT2D eigenvalue weighted by Gasteiger charge is -2.19. The SMILES string of the molecule is CC(C)NC(=O)C(C)NC1CNC(=O)C1. The molecule has 0 aromatic heterocycles. The van der Waals surface area contributed by atoms with E-state index in [2.05, 4.69) is 16.0 Å². The Hall–Kier alpha value is -1.10. The standard InChI is InChI=1S/C10H19N3O2/c1-6(2)12-10(15)7(3)13-8-4-9(14)11-5-8/h6-8,13H,4-5H2,1-3H3,(H,11,14)(H,12,15). The number of carbonyl (C=O) groups is 2. The van der Waals surface area contributed by atoms with Gasteiger partial charge in [0.2, 0.25) is 11.8 Å². The average Bonchev–Trinajstić information content (AvgIpc) is 2.50. The van der Waals surface area contributed by atoms with Gasteiger partial charge in [0, 0.05) is 25.0 Å². The van der Waals surface area contributed by atoms with Gasteiger partial charge >= 0.3 is 0 Å². The summed E-state index contributed by atoms with van der Waals surface area (Å²) in [6, 6.07) is -0.0411. The Morgan fingerprint density at radius 1 is 1.47 bits per heavy atom. The van der Waals surface area contributed by atoms with E-state index in [9.17, 15) is 9.59 Å². The van der Waals surface area contributed by atoms with Crippen LogP contribution in [0.3, 0.4) is 0 Å². The van der Waals surface area contributed by atoms with Gasteiger partial charge in [-0.05, 0) is 20.8 Å². The van der Waals surface area contributed by atoms with Gasteiger partial charge in [-0.1, -0.05) is 0 Å². The van der Waals surface area contributed by atoms with E-state index in [4.69, 9.17) is 0 Å². The zero-order valence-electron chi connectivity index (χ0n) is 9.46. The second-order valence-electron chi connectivity index (χ2n) is 4.26. The summed E-state index contributed by atoms with van der Waals surface area (Å²) in [6.07, 6.45) is 0.458. The molecule has 1 aliphatic rings. The summed E-state index contributed by atoms with van der Waals surface area (Å²) in [6.45, 7) is 6.26. The molecular weight excluding hydrogens is 194 g/mol. The zero-order valence-corrected chi connectivity index (χ0v) is 9.46. The van der Waals surface area contributed by atoms with E-state index in [1.54, 1.807) is 6.92 Å². The fourth-order valence-electron chi connectivity index (χ4n) is 1.56. The van der Waals surface area contributed by atoms with Gasteiger partial charge in [0.1, 0.15) is 0 Å². The Bertz CT molecular complexity index is 253. The average molecular weight is 213 g/mol. The number of rotatable bonds is 4. The predicted octanol–water partition coefficient (Wildman–Crippen LogP) is -0.622. The van der Waals surface area contributed by atoms with Gasteiger partial charge < -0.3 is 16.0 Å². The van der Waals surface area contributed by atoms with E-state index >= 15 is 0 Å². The minimum absolute atomic E-state index is 0.0238. The summed E-state index contributed by atoms with van der Waals surface area (Å²) in [7, 11) is 0. The number of hydrogen-bond acceptors (Lipinski definition) is 3. The summed E-state index contributed by atoms with van der Waals surface area (Å²) >= 11 is 0. The highest BCUT2D eigenvalue weighted by Crippen LogP contribution is 2.00. The second-order valence-corrected chi connectivity index (χ2v) is 4.26. The highest BCUT2D eigenvalue weighted by Gasteiger charge is 2.24. The van der Waals surface area contributed by atoms with E-state index in [-0.39, 0.29) is 29.9 Å². The quantitative estimate of drug-likeness (QED) is 0.583. The predicted molar refractivity (Wildman–Crippen MR) is 57.3 cm³/mol. The van der Waals surface area contributed by atoms with Crippen LogP contribution in [0.25, 0.3) is 0 Å². The molecule has 1 fully saturated rings. The molecule has 5 nitrogen and oxygen atoms in total. The van der Waals surface area contributed by atoms with Crippen molar-refractivity contribution >= 4 is 11.8 Å². The molecule has 3 N–H and O–H groups in total. The van der Waals surface area contributed by atoms with Gasteiger partial charge in [-0.15, -0.1) is 0 Å². The van der Waals surface area contributed by atoms with Crippen molar-refractivity contribution in [3.8, 4) is 0 Å². The molecular formula is C10H19N3O2. The maximum atomic E-state index is 11.5. The molecule has 0 radical (unpaired) electrons. The first-order valence-electron chi connectivity index (χ1n) is 5.32. The first-order valence-corrected chi connectivity index (χ1v) is 5.32. The number of amides is 2. The summed E-state index contributed by atoms with van der Waals surface area (Å²) in [5.74, 6) is 0.0216. The van der Waals surface area contributed by atoms with Crippen LogP contribution in [0.15, 0.2) is 0 Å². The third-order valence-corrected chi connectivity index (χ3v) is 2.29. The Morgan fingerprint density at radius 3 is 2.60 bits per heavy atom. The first kappa shape index (κ1) is 12.0. The molecule has 0 bridgehead atoms. The van der Waals surface area contributed by atoms with Gasteiger partial charge in [-0.3, -0.25) is 9.59 Å². The monoisotopic (exact) mass is 213 g/mol. The minimum atomic E-state index is -0.259. The molecule has 15 heavy (non-hydrogen) atoms. The van der Waals surface area contributed by atoms with Crippen LogP contribution in [-0.4, -0.2) is 36.5 Å². The van der Waals surface area contributed by atoms with Crippen LogP contribution < -0.4 is 16.0 Å². The number of hydrogen-bond donors (Lipinski definition) is 3. The zero-order chi connectivity index (χ0) is 11.4.